The van der Waals surface area contributed by atoms with Crippen LogP contribution >= 0.6 is 11.3 Å². The van der Waals surface area contributed by atoms with Crippen LogP contribution in [0.2, 0.25) is 0 Å². The molecule has 1 atom stereocenters. The molecule has 28 heavy (non-hydrogen) atoms. The van der Waals surface area contributed by atoms with Crippen LogP contribution < -0.4 is 10.2 Å². The largest absolute Gasteiger partial charge is 0.417 e. The summed E-state index contributed by atoms with van der Waals surface area (Å²) < 4.78 is 38.1. The lowest BCUT2D eigenvalue weighted by Crippen LogP contribution is -2.47. The van der Waals surface area contributed by atoms with Crippen LogP contribution in [0.1, 0.15) is 42.5 Å². The predicted octanol–water partition coefficient (Wildman–Crippen LogP) is 4.37. The van der Waals surface area contributed by atoms with Gasteiger partial charge in [-0.05, 0) is 42.8 Å². The fraction of sp³-hybridized carbons (Fsp3) is 0.500. The first-order valence-corrected chi connectivity index (χ1v) is 10.4. The van der Waals surface area contributed by atoms with Crippen molar-refractivity contribution in [2.45, 2.75) is 49.7 Å². The minimum atomic E-state index is -4.38. The van der Waals surface area contributed by atoms with Gasteiger partial charge in [-0.3, -0.25) is 4.79 Å². The van der Waals surface area contributed by atoms with Gasteiger partial charge in [0.15, 0.2) is 0 Å². The second kappa shape index (κ2) is 7.39. The number of carbonyl (C=O) groups excluding carboxylic acids is 1. The number of rotatable bonds is 4. The second-order valence-corrected chi connectivity index (χ2v) is 8.52. The summed E-state index contributed by atoms with van der Waals surface area (Å²) >= 11 is 1.63. The third kappa shape index (κ3) is 3.62. The number of hydrogen-bond donors (Lipinski definition) is 1. The van der Waals surface area contributed by atoms with E-state index in [0.717, 1.165) is 49.2 Å². The summed E-state index contributed by atoms with van der Waals surface area (Å²) in [7, 11) is 0. The maximum absolute atomic E-state index is 13.2. The number of nitrogens with one attached hydrogen (secondary N) is 1. The molecule has 2 aromatic heterocycles. The Balaban J connectivity index is 1.41. The van der Waals surface area contributed by atoms with Gasteiger partial charge >= 0.3 is 6.18 Å². The van der Waals surface area contributed by atoms with Gasteiger partial charge in [-0.1, -0.05) is 18.9 Å². The van der Waals surface area contributed by atoms with Crippen LogP contribution in [0.15, 0.2) is 35.8 Å². The highest BCUT2D eigenvalue weighted by Crippen LogP contribution is 2.43. The molecule has 1 amide bonds. The van der Waals surface area contributed by atoms with Gasteiger partial charge in [0.1, 0.15) is 5.82 Å². The van der Waals surface area contributed by atoms with Crippen molar-refractivity contribution in [2.75, 3.05) is 18.0 Å². The molecule has 1 saturated carbocycles. The van der Waals surface area contributed by atoms with E-state index < -0.39 is 17.2 Å². The highest BCUT2D eigenvalue weighted by Gasteiger charge is 2.44. The Morgan fingerprint density at radius 3 is 2.64 bits per heavy atom. The summed E-state index contributed by atoms with van der Waals surface area (Å²) in [5.41, 5.74) is -1.17. The maximum atomic E-state index is 13.2. The zero-order valence-corrected chi connectivity index (χ0v) is 16.2. The summed E-state index contributed by atoms with van der Waals surface area (Å²) in [6.07, 6.45) is 1.09. The van der Waals surface area contributed by atoms with Gasteiger partial charge in [-0.15, -0.1) is 11.3 Å². The zero-order valence-electron chi connectivity index (χ0n) is 15.3. The number of aromatic nitrogens is 1. The van der Waals surface area contributed by atoms with E-state index in [0.29, 0.717) is 18.9 Å². The summed E-state index contributed by atoms with van der Waals surface area (Å²) in [5, 5.41) is 5.21. The highest BCUT2D eigenvalue weighted by molar-refractivity contribution is 7.10. The van der Waals surface area contributed by atoms with Crippen molar-refractivity contribution in [1.29, 1.82) is 0 Å². The SMILES string of the molecule is O=C(NC1CCN(c2ccc(C(F)(F)F)cn2)C1)C1(c2cccs2)CCCC1. The number of nitrogens with zero attached hydrogens (tertiary/aromatic N) is 2. The van der Waals surface area contributed by atoms with Crippen LogP contribution in [-0.4, -0.2) is 30.0 Å². The lowest BCUT2D eigenvalue weighted by Gasteiger charge is -2.28. The van der Waals surface area contributed by atoms with Crippen LogP contribution in [0.5, 0.6) is 0 Å². The van der Waals surface area contributed by atoms with E-state index in [4.69, 9.17) is 0 Å². The smallest absolute Gasteiger partial charge is 0.354 e. The molecule has 2 fully saturated rings. The topological polar surface area (TPSA) is 45.2 Å². The molecule has 3 heterocycles. The summed E-state index contributed by atoms with van der Waals surface area (Å²) in [6, 6.07) is 6.47. The fourth-order valence-corrected chi connectivity index (χ4v) is 5.25. The van der Waals surface area contributed by atoms with E-state index in [-0.39, 0.29) is 11.9 Å². The zero-order chi connectivity index (χ0) is 19.8. The Morgan fingerprint density at radius 2 is 2.04 bits per heavy atom. The van der Waals surface area contributed by atoms with Gasteiger partial charge in [0.2, 0.25) is 5.91 Å². The van der Waals surface area contributed by atoms with Crippen molar-refractivity contribution in [3.63, 3.8) is 0 Å². The predicted molar refractivity (Wildman–Crippen MR) is 102 cm³/mol. The van der Waals surface area contributed by atoms with Crippen LogP contribution in [0.25, 0.3) is 0 Å². The molecule has 4 rings (SSSR count). The molecular weight excluding hydrogens is 387 g/mol. The van der Waals surface area contributed by atoms with E-state index in [2.05, 4.69) is 10.3 Å². The van der Waals surface area contributed by atoms with Crippen molar-refractivity contribution in [2.24, 2.45) is 0 Å². The van der Waals surface area contributed by atoms with Gasteiger partial charge in [0.05, 0.1) is 11.0 Å². The third-order valence-corrected chi connectivity index (χ3v) is 6.88. The van der Waals surface area contributed by atoms with Crippen molar-refractivity contribution in [3.05, 3.63) is 46.3 Å². The van der Waals surface area contributed by atoms with E-state index in [1.54, 1.807) is 11.3 Å². The molecule has 2 aliphatic rings. The average Bonchev–Trinajstić information content (AvgIpc) is 3.42. The number of halogens is 3. The van der Waals surface area contributed by atoms with Gasteiger partial charge in [-0.2, -0.15) is 13.2 Å². The van der Waals surface area contributed by atoms with E-state index >= 15 is 0 Å². The quantitative estimate of drug-likeness (QED) is 0.816. The average molecular weight is 409 g/mol. The molecule has 1 aliphatic heterocycles. The minimum Gasteiger partial charge on any atom is -0.354 e. The van der Waals surface area contributed by atoms with Gasteiger partial charge in [0, 0.05) is 30.2 Å². The third-order valence-electron chi connectivity index (χ3n) is 5.81. The monoisotopic (exact) mass is 409 g/mol. The van der Waals surface area contributed by atoms with E-state index in [1.165, 1.54) is 6.07 Å². The first-order valence-electron chi connectivity index (χ1n) is 9.52. The molecule has 0 aromatic carbocycles. The van der Waals surface area contributed by atoms with Gasteiger partial charge in [-0.25, -0.2) is 4.98 Å². The molecule has 1 unspecified atom stereocenters. The van der Waals surface area contributed by atoms with Gasteiger partial charge in [0.25, 0.3) is 0 Å². The number of alkyl halides is 3. The van der Waals surface area contributed by atoms with Crippen molar-refractivity contribution < 1.29 is 18.0 Å². The Morgan fingerprint density at radius 1 is 1.25 bits per heavy atom. The number of carbonyl (C=O) groups is 1. The Labute approximate surface area is 165 Å². The Bertz CT molecular complexity index is 814. The standard InChI is InChI=1S/C20H22F3N3OS/c21-20(22,23)14-5-6-17(24-12-14)26-10-7-15(13-26)25-18(27)19(8-1-2-9-19)16-4-3-11-28-16/h3-6,11-12,15H,1-2,7-10,13H2,(H,25,27). The fourth-order valence-electron chi connectivity index (χ4n) is 4.27. The van der Waals surface area contributed by atoms with E-state index in [9.17, 15) is 18.0 Å². The molecular formula is C20H22F3N3OS. The highest BCUT2D eigenvalue weighted by atomic mass is 32.1. The summed E-state index contributed by atoms with van der Waals surface area (Å²) in [6.45, 7) is 1.22. The number of amides is 1. The Kier molecular flexibility index (Phi) is 5.07. The van der Waals surface area contributed by atoms with Gasteiger partial charge < -0.3 is 10.2 Å². The van der Waals surface area contributed by atoms with Crippen LogP contribution in [0.3, 0.4) is 0 Å². The number of hydrogen-bond acceptors (Lipinski definition) is 4. The molecule has 0 spiro atoms. The van der Waals surface area contributed by atoms with Crippen LogP contribution in [-0.2, 0) is 16.4 Å². The first-order chi connectivity index (χ1) is 13.4. The molecule has 0 bridgehead atoms. The van der Waals surface area contributed by atoms with Crippen molar-refractivity contribution in [1.82, 2.24) is 10.3 Å². The molecule has 0 radical (unpaired) electrons. The second-order valence-electron chi connectivity index (χ2n) is 7.57. The number of anilines is 1. The number of thiophene rings is 1. The van der Waals surface area contributed by atoms with Crippen LogP contribution in [0, 0.1) is 0 Å². The molecule has 1 saturated heterocycles. The maximum Gasteiger partial charge on any atom is 0.417 e. The first kappa shape index (κ1) is 19.2. The molecule has 1 N–H and O–H groups in total. The van der Waals surface area contributed by atoms with Crippen molar-refractivity contribution in [3.8, 4) is 0 Å². The number of pyridine rings is 1. The Hall–Kier alpha value is -2.09. The molecule has 8 heteroatoms. The summed E-state index contributed by atoms with van der Waals surface area (Å²) in [4.78, 5) is 20.2. The summed E-state index contributed by atoms with van der Waals surface area (Å²) in [5.74, 6) is 0.596. The molecule has 2 aromatic rings. The normalized spacial score (nSPS) is 21.8. The van der Waals surface area contributed by atoms with E-state index in [1.807, 2.05) is 22.4 Å². The molecule has 4 nitrogen and oxygen atoms in total. The lowest BCUT2D eigenvalue weighted by atomic mass is 9.83. The van der Waals surface area contributed by atoms with Crippen LogP contribution in [0.4, 0.5) is 19.0 Å². The van der Waals surface area contributed by atoms with Crippen molar-refractivity contribution >= 4 is 23.1 Å². The molecule has 1 aliphatic carbocycles. The lowest BCUT2D eigenvalue weighted by molar-refractivity contribution is -0.137. The molecule has 150 valence electrons. The minimum absolute atomic E-state index is 0.0194.